The molecule has 2 rings (SSSR count). The van der Waals surface area contributed by atoms with E-state index in [-0.39, 0.29) is 5.60 Å². The summed E-state index contributed by atoms with van der Waals surface area (Å²) in [5, 5.41) is 3.56. The molecule has 88 valence electrons. The maximum Gasteiger partial charge on any atom is 0.0599 e. The largest absolute Gasteiger partial charge is 0.375 e. The van der Waals surface area contributed by atoms with Crippen LogP contribution < -0.4 is 5.32 Å². The van der Waals surface area contributed by atoms with Gasteiger partial charge in [-0.15, -0.1) is 0 Å². The quantitative estimate of drug-likeness (QED) is 0.682. The van der Waals surface area contributed by atoms with Crippen LogP contribution in [-0.2, 0) is 4.74 Å². The molecule has 2 saturated carbocycles. The molecule has 2 fully saturated rings. The minimum atomic E-state index is 0.00937. The van der Waals surface area contributed by atoms with Gasteiger partial charge in [-0.25, -0.2) is 0 Å². The van der Waals surface area contributed by atoms with Crippen molar-refractivity contribution in [2.24, 2.45) is 11.3 Å². The van der Waals surface area contributed by atoms with Gasteiger partial charge in [-0.05, 0) is 57.8 Å². The Balaban J connectivity index is 1.52. The number of ether oxygens (including phenoxy) is 1. The Bertz CT molecular complexity index is 211. The highest BCUT2D eigenvalue weighted by Gasteiger charge is 2.53. The molecule has 0 aromatic rings. The molecule has 0 heterocycles. The molecule has 0 amide bonds. The molecule has 0 aromatic heterocycles. The summed E-state index contributed by atoms with van der Waals surface area (Å²) in [6.07, 6.45) is 5.90. The summed E-state index contributed by atoms with van der Waals surface area (Å²) in [7, 11) is 0. The SMILES string of the molecule is CC(C)(C)OCCNCC1(C2CC2)CC1. The number of nitrogens with one attached hydrogen (secondary N) is 1. The molecule has 2 nitrogen and oxygen atoms in total. The summed E-state index contributed by atoms with van der Waals surface area (Å²) < 4.78 is 5.68. The van der Waals surface area contributed by atoms with Crippen LogP contribution in [0.1, 0.15) is 46.5 Å². The molecule has 1 N–H and O–H groups in total. The van der Waals surface area contributed by atoms with Crippen molar-refractivity contribution in [1.29, 1.82) is 0 Å². The second-order valence-corrected chi connectivity index (χ2v) is 6.27. The summed E-state index contributed by atoms with van der Waals surface area (Å²) in [5.41, 5.74) is 0.733. The molecule has 15 heavy (non-hydrogen) atoms. The van der Waals surface area contributed by atoms with Gasteiger partial charge in [0.2, 0.25) is 0 Å². The van der Waals surface area contributed by atoms with Crippen LogP contribution in [0.15, 0.2) is 0 Å². The minimum absolute atomic E-state index is 0.00937. The van der Waals surface area contributed by atoms with Crippen LogP contribution in [0.3, 0.4) is 0 Å². The standard InChI is InChI=1S/C13H25NO/c1-12(2,3)15-9-8-14-10-13(6-7-13)11-4-5-11/h11,14H,4-10H2,1-3H3. The molecule has 0 saturated heterocycles. The lowest BCUT2D eigenvalue weighted by Crippen LogP contribution is -2.31. The van der Waals surface area contributed by atoms with Gasteiger partial charge in [0.15, 0.2) is 0 Å². The van der Waals surface area contributed by atoms with E-state index in [2.05, 4.69) is 26.1 Å². The van der Waals surface area contributed by atoms with E-state index in [9.17, 15) is 0 Å². The Morgan fingerprint density at radius 2 is 1.93 bits per heavy atom. The zero-order chi connectivity index (χ0) is 10.9. The second-order valence-electron chi connectivity index (χ2n) is 6.27. The molecule has 2 heteroatoms. The topological polar surface area (TPSA) is 21.3 Å². The lowest BCUT2D eigenvalue weighted by Gasteiger charge is -2.20. The van der Waals surface area contributed by atoms with Crippen molar-refractivity contribution in [2.75, 3.05) is 19.7 Å². The fourth-order valence-corrected chi connectivity index (χ4v) is 2.35. The van der Waals surface area contributed by atoms with E-state index in [1.807, 2.05) is 0 Å². The van der Waals surface area contributed by atoms with E-state index in [1.165, 1.54) is 32.2 Å². The Labute approximate surface area is 93.8 Å². The number of hydrogen-bond acceptors (Lipinski definition) is 2. The fraction of sp³-hybridized carbons (Fsp3) is 1.00. The monoisotopic (exact) mass is 211 g/mol. The van der Waals surface area contributed by atoms with Crippen molar-refractivity contribution < 1.29 is 4.74 Å². The summed E-state index contributed by atoms with van der Waals surface area (Å²) in [6.45, 7) is 9.40. The highest BCUT2D eigenvalue weighted by molar-refractivity contribution is 5.04. The van der Waals surface area contributed by atoms with Gasteiger partial charge in [0.1, 0.15) is 0 Å². The van der Waals surface area contributed by atoms with Crippen LogP contribution in [0.2, 0.25) is 0 Å². The number of rotatable bonds is 6. The first-order chi connectivity index (χ1) is 7.02. The summed E-state index contributed by atoms with van der Waals surface area (Å²) in [4.78, 5) is 0. The van der Waals surface area contributed by atoms with Crippen LogP contribution >= 0.6 is 0 Å². The molecule has 2 aliphatic rings. The van der Waals surface area contributed by atoms with Gasteiger partial charge >= 0.3 is 0 Å². The van der Waals surface area contributed by atoms with E-state index < -0.39 is 0 Å². The molecule has 2 aliphatic carbocycles. The normalized spacial score (nSPS) is 24.2. The molecule has 0 unspecified atom stereocenters. The first-order valence-electron chi connectivity index (χ1n) is 6.37. The minimum Gasteiger partial charge on any atom is -0.375 e. The summed E-state index contributed by atoms with van der Waals surface area (Å²) >= 11 is 0. The van der Waals surface area contributed by atoms with Crippen LogP contribution in [-0.4, -0.2) is 25.3 Å². The summed E-state index contributed by atoms with van der Waals surface area (Å²) in [5.74, 6) is 1.06. The van der Waals surface area contributed by atoms with E-state index in [0.29, 0.717) is 0 Å². The van der Waals surface area contributed by atoms with Crippen molar-refractivity contribution in [1.82, 2.24) is 5.32 Å². The van der Waals surface area contributed by atoms with Crippen molar-refractivity contribution in [2.45, 2.75) is 52.1 Å². The third kappa shape index (κ3) is 3.46. The zero-order valence-electron chi connectivity index (χ0n) is 10.4. The van der Waals surface area contributed by atoms with Gasteiger partial charge < -0.3 is 10.1 Å². The maximum absolute atomic E-state index is 5.68. The van der Waals surface area contributed by atoms with Gasteiger partial charge in [-0.1, -0.05) is 0 Å². The highest BCUT2D eigenvalue weighted by atomic mass is 16.5. The van der Waals surface area contributed by atoms with Crippen molar-refractivity contribution >= 4 is 0 Å². The van der Waals surface area contributed by atoms with Gasteiger partial charge in [0.05, 0.1) is 12.2 Å². The molecular weight excluding hydrogens is 186 g/mol. The number of hydrogen-bond donors (Lipinski definition) is 1. The van der Waals surface area contributed by atoms with Crippen LogP contribution in [0.5, 0.6) is 0 Å². The first-order valence-corrected chi connectivity index (χ1v) is 6.37. The Morgan fingerprint density at radius 1 is 1.27 bits per heavy atom. The Morgan fingerprint density at radius 3 is 2.40 bits per heavy atom. The van der Waals surface area contributed by atoms with Crippen molar-refractivity contribution in [3.8, 4) is 0 Å². The van der Waals surface area contributed by atoms with E-state index in [0.717, 1.165) is 24.5 Å². The van der Waals surface area contributed by atoms with Crippen LogP contribution in [0.25, 0.3) is 0 Å². The molecule has 0 aliphatic heterocycles. The van der Waals surface area contributed by atoms with E-state index in [4.69, 9.17) is 4.74 Å². The molecule has 0 radical (unpaired) electrons. The molecule has 0 atom stereocenters. The third-order valence-electron chi connectivity index (χ3n) is 3.63. The average Bonchev–Trinajstić information content (AvgIpc) is 2.97. The molecule has 0 spiro atoms. The molecule has 0 aromatic carbocycles. The van der Waals surface area contributed by atoms with Crippen molar-refractivity contribution in [3.05, 3.63) is 0 Å². The van der Waals surface area contributed by atoms with Gasteiger partial charge in [-0.2, -0.15) is 0 Å². The van der Waals surface area contributed by atoms with Crippen LogP contribution in [0, 0.1) is 11.3 Å². The molecular formula is C13H25NO. The van der Waals surface area contributed by atoms with E-state index in [1.54, 1.807) is 0 Å². The summed E-state index contributed by atoms with van der Waals surface area (Å²) in [6, 6.07) is 0. The van der Waals surface area contributed by atoms with Gasteiger partial charge in [0.25, 0.3) is 0 Å². The maximum atomic E-state index is 5.68. The Hall–Kier alpha value is -0.0800. The predicted octanol–water partition coefficient (Wildman–Crippen LogP) is 2.58. The van der Waals surface area contributed by atoms with Gasteiger partial charge in [-0.3, -0.25) is 0 Å². The third-order valence-corrected chi connectivity index (χ3v) is 3.63. The predicted molar refractivity (Wildman–Crippen MR) is 63.0 cm³/mol. The smallest absolute Gasteiger partial charge is 0.0599 e. The van der Waals surface area contributed by atoms with Crippen molar-refractivity contribution in [3.63, 3.8) is 0 Å². The first kappa shape index (κ1) is 11.4. The highest BCUT2D eigenvalue weighted by Crippen LogP contribution is 2.60. The lowest BCUT2D eigenvalue weighted by molar-refractivity contribution is -0.00116. The Kier molecular flexibility index (Phi) is 3.09. The zero-order valence-corrected chi connectivity index (χ0v) is 10.4. The fourth-order valence-electron chi connectivity index (χ4n) is 2.35. The van der Waals surface area contributed by atoms with Crippen LogP contribution in [0.4, 0.5) is 0 Å². The van der Waals surface area contributed by atoms with Gasteiger partial charge in [0, 0.05) is 13.1 Å². The lowest BCUT2D eigenvalue weighted by atomic mass is 10.0. The second kappa shape index (κ2) is 4.06. The van der Waals surface area contributed by atoms with E-state index >= 15 is 0 Å². The average molecular weight is 211 g/mol. The molecule has 0 bridgehead atoms.